The Morgan fingerprint density at radius 3 is 1.38 bits per heavy atom. The molecule has 0 spiro atoms. The van der Waals surface area contributed by atoms with Crippen LogP contribution in [0.1, 0.15) is 0 Å². The van der Waals surface area contributed by atoms with E-state index in [0.717, 1.165) is 74.7 Å². The van der Waals surface area contributed by atoms with Crippen molar-refractivity contribution >= 4 is 0 Å². The quantitative estimate of drug-likeness (QED) is 0.284. The average molecular weight is 368 g/mol. The molecule has 0 amide bonds. The molecule has 0 bridgehead atoms. The Morgan fingerprint density at radius 1 is 0.654 bits per heavy atom. The van der Waals surface area contributed by atoms with Crippen LogP contribution in [0.3, 0.4) is 0 Å². The fraction of sp³-hybridized carbons (Fsp3) is 0.889. The third kappa shape index (κ3) is 6.81. The van der Waals surface area contributed by atoms with E-state index in [4.69, 9.17) is 29.5 Å². The fourth-order valence-electron chi connectivity index (χ4n) is 3.52. The molecule has 2 saturated heterocycles. The van der Waals surface area contributed by atoms with Crippen molar-refractivity contribution in [3.8, 4) is 12.1 Å². The van der Waals surface area contributed by atoms with Crippen LogP contribution in [-0.2, 0) is 18.9 Å². The van der Waals surface area contributed by atoms with Crippen LogP contribution < -0.4 is 0 Å². The van der Waals surface area contributed by atoms with Gasteiger partial charge >= 0.3 is 0 Å². The molecule has 0 N–H and O–H groups in total. The normalized spacial score (nSPS) is 21.6. The van der Waals surface area contributed by atoms with Gasteiger partial charge in [-0.15, -0.1) is 0 Å². The molecule has 0 aliphatic carbocycles. The number of hydrogen-bond acceptors (Lipinski definition) is 6. The lowest BCUT2D eigenvalue weighted by atomic mass is 10.3. The van der Waals surface area contributed by atoms with Gasteiger partial charge in [-0.2, -0.15) is 10.5 Å². The Morgan fingerprint density at radius 2 is 1.04 bits per heavy atom. The Bertz CT molecular complexity index is 433. The molecule has 8 heteroatoms. The molecule has 8 nitrogen and oxygen atoms in total. The highest BCUT2D eigenvalue weighted by atomic mass is 16.5. The fourth-order valence-corrected chi connectivity index (χ4v) is 3.52. The molecule has 0 radical (unpaired) electrons. The summed E-state index contributed by atoms with van der Waals surface area (Å²) >= 11 is 0. The van der Waals surface area contributed by atoms with Crippen molar-refractivity contribution in [1.82, 2.24) is 0 Å². The van der Waals surface area contributed by atoms with Crippen LogP contribution in [-0.4, -0.2) is 114 Å². The minimum absolute atomic E-state index is 0.520. The van der Waals surface area contributed by atoms with Gasteiger partial charge in [-0.1, -0.05) is 0 Å². The van der Waals surface area contributed by atoms with Gasteiger partial charge in [-0.25, -0.2) is 0 Å². The molecule has 2 fully saturated rings. The van der Waals surface area contributed by atoms with Gasteiger partial charge in [0.05, 0.1) is 52.9 Å². The summed E-state index contributed by atoms with van der Waals surface area (Å²) in [7, 11) is 0. The second-order valence-electron chi connectivity index (χ2n) is 7.11. The number of hydrogen-bond donors (Lipinski definition) is 0. The van der Waals surface area contributed by atoms with Crippen molar-refractivity contribution in [3.05, 3.63) is 0 Å². The molecule has 2 aliphatic heterocycles. The number of ether oxygens (including phenoxy) is 4. The molecule has 26 heavy (non-hydrogen) atoms. The standard InChI is InChI=1S/C18H32N4O4/c19-1-3-21(5-11-23-12-6-21)9-15-25-17-18-26-16-10-22(4-2-20)7-13-24-14-8-22/h3-18H2/q+2. The van der Waals surface area contributed by atoms with E-state index < -0.39 is 0 Å². The molecule has 146 valence electrons. The Balaban J connectivity index is 1.55. The molecule has 0 saturated carbocycles. The highest BCUT2D eigenvalue weighted by molar-refractivity contribution is 4.71. The molecular weight excluding hydrogens is 336 g/mol. The molecule has 2 heterocycles. The third-order valence-electron chi connectivity index (χ3n) is 5.44. The predicted octanol–water partition coefficient (Wildman–Crippen LogP) is -0.239. The molecule has 0 aromatic heterocycles. The van der Waals surface area contributed by atoms with Crippen molar-refractivity contribution in [3.63, 3.8) is 0 Å². The van der Waals surface area contributed by atoms with Crippen LogP contribution in [0.25, 0.3) is 0 Å². The first-order valence-corrected chi connectivity index (χ1v) is 9.49. The van der Waals surface area contributed by atoms with Gasteiger partial charge in [-0.3, -0.25) is 0 Å². The van der Waals surface area contributed by atoms with Crippen molar-refractivity contribution in [2.24, 2.45) is 0 Å². The zero-order valence-electron chi connectivity index (χ0n) is 15.7. The number of nitriles is 2. The Kier molecular flexibility index (Phi) is 9.27. The van der Waals surface area contributed by atoms with E-state index in [2.05, 4.69) is 12.1 Å². The van der Waals surface area contributed by atoms with E-state index in [-0.39, 0.29) is 0 Å². The van der Waals surface area contributed by atoms with Gasteiger partial charge in [0.15, 0.2) is 13.1 Å². The molecule has 0 atom stereocenters. The van der Waals surface area contributed by atoms with Crippen LogP contribution >= 0.6 is 0 Å². The van der Waals surface area contributed by atoms with E-state index in [9.17, 15) is 0 Å². The number of nitrogens with zero attached hydrogens (tertiary/aromatic N) is 4. The lowest BCUT2D eigenvalue weighted by Crippen LogP contribution is -2.57. The largest absolute Gasteiger partial charge is 0.373 e. The van der Waals surface area contributed by atoms with Gasteiger partial charge in [0, 0.05) is 0 Å². The summed E-state index contributed by atoms with van der Waals surface area (Å²) in [6.07, 6.45) is 0. The second kappa shape index (κ2) is 11.5. The highest BCUT2D eigenvalue weighted by Crippen LogP contribution is 2.11. The number of morpholine rings is 2. The zero-order chi connectivity index (χ0) is 18.6. The minimum Gasteiger partial charge on any atom is -0.373 e. The van der Waals surface area contributed by atoms with Crippen LogP contribution in [0.15, 0.2) is 0 Å². The summed E-state index contributed by atoms with van der Waals surface area (Å²) < 4.78 is 23.8. The van der Waals surface area contributed by atoms with E-state index in [1.165, 1.54) is 0 Å². The molecule has 2 aliphatic rings. The summed E-state index contributed by atoms with van der Waals surface area (Å²) in [6.45, 7) is 11.5. The van der Waals surface area contributed by atoms with E-state index >= 15 is 0 Å². The minimum atomic E-state index is 0.520. The maximum absolute atomic E-state index is 9.05. The van der Waals surface area contributed by atoms with Crippen LogP contribution in [0.5, 0.6) is 0 Å². The second-order valence-corrected chi connectivity index (χ2v) is 7.11. The Hall–Kier alpha value is -1.26. The molecule has 0 aromatic carbocycles. The SMILES string of the molecule is N#CC[N+]1(CCOCCOCC[N+]2(CC#N)CCOCC2)CCOCC1. The summed E-state index contributed by atoms with van der Waals surface area (Å²) in [6, 6.07) is 4.59. The molecule has 0 aromatic rings. The number of quaternary nitrogens is 2. The maximum atomic E-state index is 9.05. The first kappa shape index (κ1) is 21.0. The predicted molar refractivity (Wildman–Crippen MR) is 94.0 cm³/mol. The number of rotatable bonds is 11. The van der Waals surface area contributed by atoms with Crippen LogP contribution in [0.4, 0.5) is 0 Å². The molecule has 2 rings (SSSR count). The van der Waals surface area contributed by atoms with Crippen LogP contribution in [0, 0.1) is 22.7 Å². The van der Waals surface area contributed by atoms with Crippen molar-refractivity contribution < 1.29 is 27.9 Å². The van der Waals surface area contributed by atoms with Gasteiger partial charge < -0.3 is 27.9 Å². The first-order valence-electron chi connectivity index (χ1n) is 9.49. The zero-order valence-corrected chi connectivity index (χ0v) is 15.7. The molecular formula is C18H32N4O4+2. The smallest absolute Gasteiger partial charge is 0.166 e. The average Bonchev–Trinajstić information content (AvgIpc) is 2.66. The van der Waals surface area contributed by atoms with Crippen molar-refractivity contribution in [2.75, 3.05) is 105 Å². The lowest BCUT2D eigenvalue weighted by Gasteiger charge is -2.39. The van der Waals surface area contributed by atoms with E-state index in [1.54, 1.807) is 0 Å². The van der Waals surface area contributed by atoms with E-state index in [1.807, 2.05) is 0 Å². The lowest BCUT2D eigenvalue weighted by molar-refractivity contribution is -0.929. The van der Waals surface area contributed by atoms with E-state index in [0.29, 0.717) is 39.5 Å². The van der Waals surface area contributed by atoms with Crippen molar-refractivity contribution in [2.45, 2.75) is 0 Å². The summed E-state index contributed by atoms with van der Waals surface area (Å²) in [5, 5.41) is 18.1. The van der Waals surface area contributed by atoms with Gasteiger partial charge in [-0.05, 0) is 0 Å². The summed E-state index contributed by atoms with van der Waals surface area (Å²) in [5.41, 5.74) is 0. The van der Waals surface area contributed by atoms with Crippen molar-refractivity contribution in [1.29, 1.82) is 10.5 Å². The first-order chi connectivity index (χ1) is 12.7. The highest BCUT2D eigenvalue weighted by Gasteiger charge is 2.30. The summed E-state index contributed by atoms with van der Waals surface area (Å²) in [5.74, 6) is 0. The monoisotopic (exact) mass is 368 g/mol. The van der Waals surface area contributed by atoms with Gasteiger partial charge in [0.2, 0.25) is 0 Å². The summed E-state index contributed by atoms with van der Waals surface area (Å²) in [4.78, 5) is 0. The Labute approximate surface area is 156 Å². The van der Waals surface area contributed by atoms with Crippen LogP contribution in [0.2, 0.25) is 0 Å². The molecule has 0 unspecified atom stereocenters. The topological polar surface area (TPSA) is 84.5 Å². The van der Waals surface area contributed by atoms with Gasteiger partial charge in [0.25, 0.3) is 0 Å². The van der Waals surface area contributed by atoms with Gasteiger partial charge in [0.1, 0.15) is 51.4 Å². The third-order valence-corrected chi connectivity index (χ3v) is 5.44. The maximum Gasteiger partial charge on any atom is 0.166 e.